The fourth-order valence-electron chi connectivity index (χ4n) is 1.64. The van der Waals surface area contributed by atoms with Gasteiger partial charge in [-0.25, -0.2) is 17.9 Å². The van der Waals surface area contributed by atoms with Crippen LogP contribution in [-0.4, -0.2) is 8.42 Å². The van der Waals surface area contributed by atoms with Crippen LogP contribution in [0.4, 0.5) is 10.1 Å². The minimum Gasteiger partial charge on any atom is -0.381 e. The molecule has 106 valence electrons. The molecule has 4 nitrogen and oxygen atoms in total. The second-order valence-electron chi connectivity index (χ2n) is 4.17. The van der Waals surface area contributed by atoms with Gasteiger partial charge in [0, 0.05) is 12.2 Å². The predicted octanol–water partition coefficient (Wildman–Crippen LogP) is 2.74. The van der Waals surface area contributed by atoms with Crippen molar-refractivity contribution in [2.24, 2.45) is 5.14 Å². The molecule has 0 unspecified atom stereocenters. The molecule has 20 heavy (non-hydrogen) atoms. The summed E-state index contributed by atoms with van der Waals surface area (Å²) < 4.78 is 35.7. The molecule has 0 bridgehead atoms. The van der Waals surface area contributed by atoms with Gasteiger partial charge in [-0.2, -0.15) is 0 Å². The van der Waals surface area contributed by atoms with Gasteiger partial charge in [0.1, 0.15) is 5.82 Å². The molecule has 0 aliphatic carbocycles. The number of rotatable bonds is 4. The molecule has 0 heterocycles. The van der Waals surface area contributed by atoms with Crippen LogP contribution < -0.4 is 10.5 Å². The minimum atomic E-state index is -3.74. The Kier molecular flexibility index (Phi) is 4.27. The van der Waals surface area contributed by atoms with Gasteiger partial charge < -0.3 is 5.32 Å². The van der Waals surface area contributed by atoms with Crippen molar-refractivity contribution in [3.8, 4) is 0 Å². The van der Waals surface area contributed by atoms with Crippen molar-refractivity contribution in [2.45, 2.75) is 11.4 Å². The molecule has 7 heteroatoms. The number of sulfonamides is 1. The number of benzene rings is 2. The molecule has 3 N–H and O–H groups in total. The van der Waals surface area contributed by atoms with Crippen molar-refractivity contribution in [3.05, 3.63) is 58.9 Å². The lowest BCUT2D eigenvalue weighted by Gasteiger charge is -2.08. The maximum absolute atomic E-state index is 13.3. The van der Waals surface area contributed by atoms with Crippen molar-refractivity contribution in [1.82, 2.24) is 0 Å². The van der Waals surface area contributed by atoms with Crippen LogP contribution in [0.2, 0.25) is 5.02 Å². The molecule has 0 aliphatic heterocycles. The Hall–Kier alpha value is -1.63. The molecular weight excluding hydrogens is 303 g/mol. The third-order valence-corrected chi connectivity index (χ3v) is 3.86. The van der Waals surface area contributed by atoms with Gasteiger partial charge in [-0.3, -0.25) is 0 Å². The summed E-state index contributed by atoms with van der Waals surface area (Å²) in [5.74, 6) is -0.496. The first kappa shape index (κ1) is 14.8. The first-order valence-electron chi connectivity index (χ1n) is 5.67. The van der Waals surface area contributed by atoms with Crippen molar-refractivity contribution in [1.29, 1.82) is 0 Å². The normalized spacial score (nSPS) is 11.3. The zero-order valence-electron chi connectivity index (χ0n) is 10.3. The van der Waals surface area contributed by atoms with Gasteiger partial charge in [0.2, 0.25) is 10.0 Å². The molecule has 2 rings (SSSR count). The Labute approximate surface area is 121 Å². The van der Waals surface area contributed by atoms with Crippen LogP contribution in [0, 0.1) is 5.82 Å². The summed E-state index contributed by atoms with van der Waals surface area (Å²) in [5.41, 5.74) is 1.26. The highest BCUT2D eigenvalue weighted by atomic mass is 35.5. The molecule has 0 spiro atoms. The third-order valence-electron chi connectivity index (χ3n) is 2.64. The smallest absolute Gasteiger partial charge is 0.238 e. The van der Waals surface area contributed by atoms with E-state index in [0.717, 1.165) is 0 Å². The first-order chi connectivity index (χ1) is 9.36. The van der Waals surface area contributed by atoms with E-state index in [0.29, 0.717) is 17.8 Å². The van der Waals surface area contributed by atoms with E-state index in [2.05, 4.69) is 5.32 Å². The lowest BCUT2D eigenvalue weighted by molar-refractivity contribution is 0.598. The fraction of sp³-hybridized carbons (Fsp3) is 0.0769. The Balaban J connectivity index is 2.13. The average Bonchev–Trinajstić information content (AvgIpc) is 2.39. The number of nitrogens with one attached hydrogen (secondary N) is 1. The van der Waals surface area contributed by atoms with Gasteiger partial charge in [0.05, 0.1) is 9.92 Å². The van der Waals surface area contributed by atoms with E-state index in [4.69, 9.17) is 16.7 Å². The quantitative estimate of drug-likeness (QED) is 0.911. The van der Waals surface area contributed by atoms with E-state index in [1.165, 1.54) is 24.3 Å². The number of anilines is 1. The van der Waals surface area contributed by atoms with Crippen molar-refractivity contribution in [3.63, 3.8) is 0 Å². The fourth-order valence-corrected chi connectivity index (χ4v) is 2.31. The average molecular weight is 315 g/mol. The van der Waals surface area contributed by atoms with Crippen LogP contribution in [0.5, 0.6) is 0 Å². The van der Waals surface area contributed by atoms with E-state index in [1.807, 2.05) is 0 Å². The highest BCUT2D eigenvalue weighted by Crippen LogP contribution is 2.18. The number of primary sulfonamides is 1. The van der Waals surface area contributed by atoms with E-state index in [1.54, 1.807) is 18.2 Å². The SMILES string of the molecule is NS(=O)(=O)c1cccc(NCc2ccc(Cl)c(F)c2)c1. The zero-order chi connectivity index (χ0) is 14.8. The summed E-state index contributed by atoms with van der Waals surface area (Å²) in [6.07, 6.45) is 0. The maximum Gasteiger partial charge on any atom is 0.238 e. The van der Waals surface area contributed by atoms with Crippen molar-refractivity contribution < 1.29 is 12.8 Å². The zero-order valence-corrected chi connectivity index (χ0v) is 11.9. The van der Waals surface area contributed by atoms with Gasteiger partial charge in [0.15, 0.2) is 0 Å². The topological polar surface area (TPSA) is 72.2 Å². The number of nitrogens with two attached hydrogens (primary N) is 1. The summed E-state index contributed by atoms with van der Waals surface area (Å²) in [4.78, 5) is 0.0183. The summed E-state index contributed by atoms with van der Waals surface area (Å²) in [7, 11) is -3.74. The molecule has 0 aliphatic rings. The van der Waals surface area contributed by atoms with E-state index < -0.39 is 15.8 Å². The minimum absolute atomic E-state index is 0.0183. The van der Waals surface area contributed by atoms with Crippen LogP contribution in [0.1, 0.15) is 5.56 Å². The number of hydrogen-bond acceptors (Lipinski definition) is 3. The molecule has 2 aromatic carbocycles. The van der Waals surface area contributed by atoms with Crippen LogP contribution >= 0.6 is 11.6 Å². The van der Waals surface area contributed by atoms with Crippen LogP contribution in [0.3, 0.4) is 0 Å². The molecule has 0 saturated heterocycles. The number of halogens is 2. The predicted molar refractivity (Wildman–Crippen MR) is 76.6 cm³/mol. The molecule has 0 aromatic heterocycles. The standard InChI is InChI=1S/C13H12ClFN2O2S/c14-12-5-4-9(6-13(12)15)8-17-10-2-1-3-11(7-10)20(16,18)19/h1-7,17H,8H2,(H2,16,18,19). The summed E-state index contributed by atoms with van der Waals surface area (Å²) >= 11 is 5.59. The molecule has 0 atom stereocenters. The van der Waals surface area contributed by atoms with Crippen molar-refractivity contribution >= 4 is 27.3 Å². The molecule has 0 saturated carbocycles. The van der Waals surface area contributed by atoms with Crippen LogP contribution in [0.15, 0.2) is 47.4 Å². The van der Waals surface area contributed by atoms with E-state index in [-0.39, 0.29) is 9.92 Å². The van der Waals surface area contributed by atoms with Gasteiger partial charge in [0.25, 0.3) is 0 Å². The maximum atomic E-state index is 13.3. The molecule has 0 radical (unpaired) electrons. The van der Waals surface area contributed by atoms with Gasteiger partial charge in [-0.05, 0) is 35.9 Å². The Morgan fingerprint density at radius 3 is 2.60 bits per heavy atom. The lowest BCUT2D eigenvalue weighted by atomic mass is 10.2. The Bertz CT molecular complexity index is 735. The van der Waals surface area contributed by atoms with E-state index >= 15 is 0 Å². The largest absolute Gasteiger partial charge is 0.381 e. The monoisotopic (exact) mass is 314 g/mol. The second kappa shape index (κ2) is 5.78. The summed E-state index contributed by atoms with van der Waals surface area (Å²) in [6.45, 7) is 0.335. The lowest BCUT2D eigenvalue weighted by Crippen LogP contribution is -2.12. The van der Waals surface area contributed by atoms with E-state index in [9.17, 15) is 12.8 Å². The van der Waals surface area contributed by atoms with Gasteiger partial charge in [-0.1, -0.05) is 23.7 Å². The Morgan fingerprint density at radius 2 is 1.95 bits per heavy atom. The third kappa shape index (κ3) is 3.69. The molecular formula is C13H12ClFN2O2S. The molecule has 0 fully saturated rings. The molecule has 0 amide bonds. The van der Waals surface area contributed by atoms with Gasteiger partial charge in [-0.15, -0.1) is 0 Å². The van der Waals surface area contributed by atoms with Crippen LogP contribution in [-0.2, 0) is 16.6 Å². The highest BCUT2D eigenvalue weighted by Gasteiger charge is 2.08. The summed E-state index contributed by atoms with van der Waals surface area (Å²) in [5, 5.41) is 8.10. The van der Waals surface area contributed by atoms with Crippen molar-refractivity contribution in [2.75, 3.05) is 5.32 Å². The Morgan fingerprint density at radius 1 is 1.20 bits per heavy atom. The summed E-state index contributed by atoms with van der Waals surface area (Å²) in [6, 6.07) is 10.6. The second-order valence-corrected chi connectivity index (χ2v) is 6.14. The van der Waals surface area contributed by atoms with Gasteiger partial charge >= 0.3 is 0 Å². The van der Waals surface area contributed by atoms with Crippen LogP contribution in [0.25, 0.3) is 0 Å². The molecule has 2 aromatic rings. The highest BCUT2D eigenvalue weighted by molar-refractivity contribution is 7.89. The number of hydrogen-bond donors (Lipinski definition) is 2. The first-order valence-corrected chi connectivity index (χ1v) is 7.59.